The number of rotatable bonds is 3. The van der Waals surface area contributed by atoms with Crippen molar-refractivity contribution >= 4 is 11.6 Å². The Morgan fingerprint density at radius 1 is 1.38 bits per heavy atom. The van der Waals surface area contributed by atoms with Gasteiger partial charge in [-0.05, 0) is 18.9 Å². The fraction of sp³-hybridized carbons (Fsp3) is 0.455. The summed E-state index contributed by atoms with van der Waals surface area (Å²) in [7, 11) is 0. The van der Waals surface area contributed by atoms with Crippen molar-refractivity contribution in [2.24, 2.45) is 0 Å². The molecule has 0 N–H and O–H groups in total. The fourth-order valence-electron chi connectivity index (χ4n) is 1.48. The van der Waals surface area contributed by atoms with Crippen LogP contribution in [0.5, 0.6) is 0 Å². The lowest BCUT2D eigenvalue weighted by molar-refractivity contribution is 0.369. The Morgan fingerprint density at radius 3 is 2.54 bits per heavy atom. The molecule has 1 fully saturated rings. The maximum Gasteiger partial charge on any atom is 0.0856 e. The van der Waals surface area contributed by atoms with Gasteiger partial charge < -0.3 is 4.74 Å². The van der Waals surface area contributed by atoms with Crippen LogP contribution in [-0.2, 0) is 4.74 Å². The van der Waals surface area contributed by atoms with E-state index in [4.69, 9.17) is 16.3 Å². The smallest absolute Gasteiger partial charge is 0.0856 e. The van der Waals surface area contributed by atoms with E-state index < -0.39 is 0 Å². The zero-order chi connectivity index (χ0) is 9.26. The molecule has 0 aliphatic carbocycles. The zero-order valence-electron chi connectivity index (χ0n) is 7.61. The number of hydrogen-bond donors (Lipinski definition) is 0. The molecule has 0 aromatic heterocycles. The van der Waals surface area contributed by atoms with Crippen LogP contribution in [-0.4, -0.2) is 12.2 Å². The first kappa shape index (κ1) is 9.04. The van der Waals surface area contributed by atoms with Crippen LogP contribution < -0.4 is 0 Å². The molecule has 1 aliphatic rings. The molecule has 1 aromatic rings. The van der Waals surface area contributed by atoms with Crippen molar-refractivity contribution in [2.75, 3.05) is 0 Å². The van der Waals surface area contributed by atoms with Crippen LogP contribution in [0.25, 0.3) is 0 Å². The minimum Gasteiger partial charge on any atom is -0.370 e. The van der Waals surface area contributed by atoms with Gasteiger partial charge in [0.1, 0.15) is 0 Å². The van der Waals surface area contributed by atoms with Crippen molar-refractivity contribution in [3.05, 3.63) is 35.9 Å². The summed E-state index contributed by atoms with van der Waals surface area (Å²) in [4.78, 5) is 0. The Morgan fingerprint density at radius 2 is 2.00 bits per heavy atom. The molecule has 13 heavy (non-hydrogen) atoms. The standard InChI is InChI=1S/C11H13ClO/c1-8-11(13-8)7-10(12)9-5-3-2-4-6-9/h2-6,8,10-11H,7H2,1H3/t8-,10?,11+/m1/s1. The van der Waals surface area contributed by atoms with Crippen LogP contribution >= 0.6 is 11.6 Å². The summed E-state index contributed by atoms with van der Waals surface area (Å²) in [5.41, 5.74) is 1.19. The van der Waals surface area contributed by atoms with Crippen molar-refractivity contribution in [2.45, 2.75) is 30.9 Å². The van der Waals surface area contributed by atoms with E-state index in [-0.39, 0.29) is 5.38 Å². The summed E-state index contributed by atoms with van der Waals surface area (Å²) in [5, 5.41) is 0.0937. The van der Waals surface area contributed by atoms with E-state index in [9.17, 15) is 0 Å². The number of ether oxygens (including phenoxy) is 1. The van der Waals surface area contributed by atoms with Crippen LogP contribution in [0.3, 0.4) is 0 Å². The lowest BCUT2D eigenvalue weighted by Crippen LogP contribution is -1.97. The van der Waals surface area contributed by atoms with Crippen molar-refractivity contribution in [3.8, 4) is 0 Å². The molecule has 1 saturated heterocycles. The highest BCUT2D eigenvalue weighted by atomic mass is 35.5. The largest absolute Gasteiger partial charge is 0.370 e. The summed E-state index contributed by atoms with van der Waals surface area (Å²) in [6.45, 7) is 2.08. The number of alkyl halides is 1. The van der Waals surface area contributed by atoms with Gasteiger partial charge in [-0.25, -0.2) is 0 Å². The molecular formula is C11H13ClO. The highest BCUT2D eigenvalue weighted by molar-refractivity contribution is 6.20. The molecule has 0 bridgehead atoms. The van der Waals surface area contributed by atoms with Gasteiger partial charge in [0.15, 0.2) is 0 Å². The average Bonchev–Trinajstić information content (AvgIpc) is 2.83. The van der Waals surface area contributed by atoms with Crippen molar-refractivity contribution in [1.29, 1.82) is 0 Å². The predicted octanol–water partition coefficient (Wildman–Crippen LogP) is 3.14. The van der Waals surface area contributed by atoms with E-state index in [1.165, 1.54) is 5.56 Å². The fourth-order valence-corrected chi connectivity index (χ4v) is 1.80. The van der Waals surface area contributed by atoms with Gasteiger partial charge in [-0.15, -0.1) is 11.6 Å². The van der Waals surface area contributed by atoms with E-state index in [0.29, 0.717) is 12.2 Å². The Kier molecular flexibility index (Phi) is 2.56. The third kappa shape index (κ3) is 2.23. The second-order valence-electron chi connectivity index (χ2n) is 3.49. The third-order valence-electron chi connectivity index (χ3n) is 2.44. The Labute approximate surface area is 83.7 Å². The first-order chi connectivity index (χ1) is 6.27. The Balaban J connectivity index is 1.94. The van der Waals surface area contributed by atoms with Gasteiger partial charge in [-0.3, -0.25) is 0 Å². The van der Waals surface area contributed by atoms with Crippen LogP contribution in [0.2, 0.25) is 0 Å². The first-order valence-corrected chi connectivity index (χ1v) is 5.05. The van der Waals surface area contributed by atoms with Crippen LogP contribution in [0.1, 0.15) is 24.3 Å². The Hall–Kier alpha value is -0.530. The molecule has 70 valence electrons. The lowest BCUT2D eigenvalue weighted by atomic mass is 10.1. The van der Waals surface area contributed by atoms with Gasteiger partial charge in [0, 0.05) is 0 Å². The van der Waals surface area contributed by atoms with Gasteiger partial charge in [0.05, 0.1) is 17.6 Å². The van der Waals surface area contributed by atoms with E-state index in [2.05, 4.69) is 19.1 Å². The topological polar surface area (TPSA) is 12.5 Å². The molecule has 2 rings (SSSR count). The average molecular weight is 197 g/mol. The van der Waals surface area contributed by atoms with Gasteiger partial charge in [-0.1, -0.05) is 30.3 Å². The molecule has 2 heteroatoms. The SMILES string of the molecule is C[C@H]1O[C@H]1CC(Cl)c1ccccc1. The predicted molar refractivity (Wildman–Crippen MR) is 54.0 cm³/mol. The van der Waals surface area contributed by atoms with Gasteiger partial charge >= 0.3 is 0 Å². The normalized spacial score (nSPS) is 28.5. The Bertz CT molecular complexity index is 273. The molecule has 1 heterocycles. The van der Waals surface area contributed by atoms with Crippen molar-refractivity contribution in [3.63, 3.8) is 0 Å². The summed E-state index contributed by atoms with van der Waals surface area (Å²) >= 11 is 6.23. The zero-order valence-corrected chi connectivity index (χ0v) is 8.37. The van der Waals surface area contributed by atoms with E-state index in [0.717, 1.165) is 6.42 Å². The molecule has 1 aromatic carbocycles. The minimum atomic E-state index is 0.0937. The summed E-state index contributed by atoms with van der Waals surface area (Å²) in [5.74, 6) is 0. The molecule has 1 aliphatic heterocycles. The van der Waals surface area contributed by atoms with Crippen LogP contribution in [0, 0.1) is 0 Å². The number of benzene rings is 1. The lowest BCUT2D eigenvalue weighted by Gasteiger charge is -2.06. The summed E-state index contributed by atoms with van der Waals surface area (Å²) < 4.78 is 5.32. The highest BCUT2D eigenvalue weighted by Crippen LogP contribution is 2.34. The number of hydrogen-bond acceptors (Lipinski definition) is 1. The molecular weight excluding hydrogens is 184 g/mol. The molecule has 0 amide bonds. The van der Waals surface area contributed by atoms with Gasteiger partial charge in [0.25, 0.3) is 0 Å². The molecule has 1 nitrogen and oxygen atoms in total. The first-order valence-electron chi connectivity index (χ1n) is 4.62. The molecule has 0 spiro atoms. The number of epoxide rings is 1. The maximum atomic E-state index is 6.23. The quantitative estimate of drug-likeness (QED) is 0.535. The van der Waals surface area contributed by atoms with Crippen molar-refractivity contribution in [1.82, 2.24) is 0 Å². The molecule has 3 atom stereocenters. The maximum absolute atomic E-state index is 6.23. The van der Waals surface area contributed by atoms with E-state index in [1.54, 1.807) is 0 Å². The van der Waals surface area contributed by atoms with Gasteiger partial charge in [0.2, 0.25) is 0 Å². The molecule has 0 radical (unpaired) electrons. The van der Waals surface area contributed by atoms with E-state index >= 15 is 0 Å². The third-order valence-corrected chi connectivity index (χ3v) is 2.87. The summed E-state index contributed by atoms with van der Waals surface area (Å²) in [6, 6.07) is 10.2. The second-order valence-corrected chi connectivity index (χ2v) is 4.02. The number of halogens is 1. The highest BCUT2D eigenvalue weighted by Gasteiger charge is 2.35. The van der Waals surface area contributed by atoms with Crippen LogP contribution in [0.4, 0.5) is 0 Å². The van der Waals surface area contributed by atoms with E-state index in [1.807, 2.05) is 18.2 Å². The monoisotopic (exact) mass is 196 g/mol. The van der Waals surface area contributed by atoms with Crippen LogP contribution in [0.15, 0.2) is 30.3 Å². The minimum absolute atomic E-state index is 0.0937. The molecule has 1 unspecified atom stereocenters. The van der Waals surface area contributed by atoms with Crippen molar-refractivity contribution < 1.29 is 4.74 Å². The second kappa shape index (κ2) is 3.69. The van der Waals surface area contributed by atoms with Gasteiger partial charge in [-0.2, -0.15) is 0 Å². The molecule has 0 saturated carbocycles. The summed E-state index contributed by atoms with van der Waals surface area (Å²) in [6.07, 6.45) is 1.71.